The van der Waals surface area contributed by atoms with Crippen molar-refractivity contribution in [3.63, 3.8) is 0 Å². The van der Waals surface area contributed by atoms with Gasteiger partial charge in [-0.1, -0.05) is 19.1 Å². The first-order chi connectivity index (χ1) is 13.5. The molecule has 152 valence electrons. The summed E-state index contributed by atoms with van der Waals surface area (Å²) in [6.45, 7) is 4.75. The summed E-state index contributed by atoms with van der Waals surface area (Å²) >= 11 is 0. The molecule has 4 fully saturated rings. The van der Waals surface area contributed by atoms with Gasteiger partial charge in [-0.15, -0.1) is 0 Å². The van der Waals surface area contributed by atoms with Crippen LogP contribution in [0.1, 0.15) is 44.6 Å². The second kappa shape index (κ2) is 6.74. The van der Waals surface area contributed by atoms with Gasteiger partial charge in [0.25, 0.3) is 0 Å². The fourth-order valence-corrected chi connectivity index (χ4v) is 6.31. The molecular weight excluding hydrogens is 354 g/mol. The number of hydrogen-bond donors (Lipinski definition) is 1. The maximum absolute atomic E-state index is 12.6. The van der Waals surface area contributed by atoms with E-state index >= 15 is 0 Å². The molecule has 2 heterocycles. The highest BCUT2D eigenvalue weighted by Gasteiger charge is 2.64. The van der Waals surface area contributed by atoms with Crippen LogP contribution in [0.25, 0.3) is 0 Å². The smallest absolute Gasteiger partial charge is 0.310 e. The van der Waals surface area contributed by atoms with Gasteiger partial charge in [-0.05, 0) is 61.1 Å². The van der Waals surface area contributed by atoms with Crippen LogP contribution in [0.3, 0.4) is 0 Å². The fraction of sp³-hybridized carbons (Fsp3) is 0.696. The van der Waals surface area contributed by atoms with Gasteiger partial charge in [-0.2, -0.15) is 0 Å². The van der Waals surface area contributed by atoms with E-state index < -0.39 is 0 Å². The highest BCUT2D eigenvalue weighted by Crippen LogP contribution is 2.62. The van der Waals surface area contributed by atoms with E-state index in [1.807, 2.05) is 12.1 Å². The molecule has 0 unspecified atom stereocenters. The van der Waals surface area contributed by atoms with E-state index in [1.165, 1.54) is 24.8 Å². The van der Waals surface area contributed by atoms with Crippen LogP contribution in [-0.4, -0.2) is 37.9 Å². The molecule has 1 N–H and O–H groups in total. The molecule has 0 amide bonds. The molecule has 4 aliphatic rings. The quantitative estimate of drug-likeness (QED) is 0.622. The number of epoxide rings is 1. The first kappa shape index (κ1) is 18.4. The van der Waals surface area contributed by atoms with Gasteiger partial charge in [-0.3, -0.25) is 4.79 Å². The average molecular weight is 386 g/mol. The van der Waals surface area contributed by atoms with Crippen molar-refractivity contribution in [2.24, 2.45) is 23.2 Å². The molecule has 0 radical (unpaired) electrons. The Kier molecular flexibility index (Phi) is 4.44. The maximum Gasteiger partial charge on any atom is 0.310 e. The summed E-state index contributed by atoms with van der Waals surface area (Å²) in [5.74, 6) is 1.72. The van der Waals surface area contributed by atoms with Crippen LogP contribution >= 0.6 is 0 Å². The molecular formula is C23H31NO4. The lowest BCUT2D eigenvalue weighted by atomic mass is 9.53. The van der Waals surface area contributed by atoms with Gasteiger partial charge >= 0.3 is 5.97 Å². The Morgan fingerprint density at radius 1 is 1.25 bits per heavy atom. The topological polar surface area (TPSA) is 60.1 Å². The molecule has 1 spiro atoms. The van der Waals surface area contributed by atoms with Crippen molar-refractivity contribution in [1.29, 1.82) is 0 Å². The number of fused-ring (bicyclic) bond motifs is 3. The van der Waals surface area contributed by atoms with Gasteiger partial charge in [-0.25, -0.2) is 0 Å². The van der Waals surface area contributed by atoms with E-state index in [-0.39, 0.29) is 29.0 Å². The number of methoxy groups -OCH3 is 1. The van der Waals surface area contributed by atoms with Gasteiger partial charge in [0.2, 0.25) is 0 Å². The summed E-state index contributed by atoms with van der Waals surface area (Å²) in [5, 5.41) is 3.49. The second-order valence-corrected chi connectivity index (χ2v) is 9.58. The molecule has 0 aromatic heterocycles. The summed E-state index contributed by atoms with van der Waals surface area (Å²) in [6, 6.07) is 8.06. The molecule has 5 nitrogen and oxygen atoms in total. The van der Waals surface area contributed by atoms with E-state index in [1.54, 1.807) is 7.11 Å². The summed E-state index contributed by atoms with van der Waals surface area (Å²) < 4.78 is 17.1. The Labute approximate surface area is 167 Å². The van der Waals surface area contributed by atoms with E-state index in [9.17, 15) is 4.79 Å². The third kappa shape index (κ3) is 3.03. The van der Waals surface area contributed by atoms with Crippen molar-refractivity contribution < 1.29 is 19.0 Å². The zero-order chi connectivity index (χ0) is 19.4. The summed E-state index contributed by atoms with van der Waals surface area (Å²) in [7, 11) is 1.67. The fourth-order valence-electron chi connectivity index (χ4n) is 6.31. The Hall–Kier alpha value is -1.59. The lowest BCUT2D eigenvalue weighted by molar-refractivity contribution is -0.147. The van der Waals surface area contributed by atoms with Crippen molar-refractivity contribution in [3.8, 4) is 5.75 Å². The lowest BCUT2D eigenvalue weighted by Gasteiger charge is -2.51. The first-order valence-electron chi connectivity index (χ1n) is 10.7. The van der Waals surface area contributed by atoms with E-state index in [4.69, 9.17) is 14.2 Å². The number of hydrogen-bond acceptors (Lipinski definition) is 5. The molecule has 28 heavy (non-hydrogen) atoms. The SMILES string of the molecule is COc1ccc(CNC[C@@H]2C(=O)O[C@@H]3C[C@@]4(C)CCC[C@]5(CO5)[C@H]4C[C@H]23)cc1. The van der Waals surface area contributed by atoms with Crippen molar-refractivity contribution in [1.82, 2.24) is 5.32 Å². The van der Waals surface area contributed by atoms with Crippen LogP contribution in [0.5, 0.6) is 5.75 Å². The van der Waals surface area contributed by atoms with Gasteiger partial charge in [0.05, 0.1) is 25.2 Å². The van der Waals surface area contributed by atoms with Crippen molar-refractivity contribution >= 4 is 5.97 Å². The predicted molar refractivity (Wildman–Crippen MR) is 105 cm³/mol. The molecule has 2 saturated carbocycles. The molecule has 5 rings (SSSR count). The van der Waals surface area contributed by atoms with Gasteiger partial charge in [0, 0.05) is 19.0 Å². The van der Waals surface area contributed by atoms with Gasteiger partial charge < -0.3 is 19.5 Å². The summed E-state index contributed by atoms with van der Waals surface area (Å²) in [4.78, 5) is 12.6. The predicted octanol–water partition coefficient (Wildman–Crippen LogP) is 3.31. The van der Waals surface area contributed by atoms with Crippen LogP contribution in [0.15, 0.2) is 24.3 Å². The second-order valence-electron chi connectivity index (χ2n) is 9.58. The van der Waals surface area contributed by atoms with Crippen molar-refractivity contribution in [3.05, 3.63) is 29.8 Å². The van der Waals surface area contributed by atoms with Gasteiger partial charge in [0.15, 0.2) is 0 Å². The Balaban J connectivity index is 1.24. The van der Waals surface area contributed by atoms with E-state index in [2.05, 4.69) is 24.4 Å². The molecule has 2 aliphatic heterocycles. The Bertz CT molecular complexity index is 743. The highest BCUT2D eigenvalue weighted by atomic mass is 16.6. The third-order valence-electron chi connectivity index (χ3n) is 7.93. The maximum atomic E-state index is 12.6. The van der Waals surface area contributed by atoms with Crippen LogP contribution in [0, 0.1) is 23.2 Å². The van der Waals surface area contributed by atoms with Crippen molar-refractivity contribution in [2.75, 3.05) is 20.3 Å². The Morgan fingerprint density at radius 3 is 2.75 bits per heavy atom. The Morgan fingerprint density at radius 2 is 2.04 bits per heavy atom. The molecule has 1 aromatic rings. The average Bonchev–Trinajstić information content (AvgIpc) is 3.39. The van der Waals surface area contributed by atoms with Crippen LogP contribution in [0.4, 0.5) is 0 Å². The highest BCUT2D eigenvalue weighted by molar-refractivity contribution is 5.75. The minimum absolute atomic E-state index is 0.00903. The summed E-state index contributed by atoms with van der Waals surface area (Å²) in [6.07, 6.45) is 5.85. The zero-order valence-corrected chi connectivity index (χ0v) is 16.9. The number of benzene rings is 1. The minimum Gasteiger partial charge on any atom is -0.497 e. The third-order valence-corrected chi connectivity index (χ3v) is 7.93. The normalized spacial score (nSPS) is 41.3. The molecule has 6 atom stereocenters. The molecule has 5 heteroatoms. The standard InChI is InChI=1S/C23H31NO4/c1-22-8-3-9-23(14-27-23)20(22)10-17-18(21(25)28-19(17)11-22)13-24-12-15-4-6-16(26-2)7-5-15/h4-7,17-20,24H,3,8-14H2,1-2H3/t17-,18+,19-,20+,22-,23+/m1/s1. The minimum atomic E-state index is -0.0366. The monoisotopic (exact) mass is 385 g/mol. The molecule has 0 bridgehead atoms. The molecule has 2 saturated heterocycles. The number of rotatable bonds is 5. The number of carbonyl (C=O) groups excluding carboxylic acids is 1. The van der Waals surface area contributed by atoms with Crippen LogP contribution in [0.2, 0.25) is 0 Å². The van der Waals surface area contributed by atoms with E-state index in [0.717, 1.165) is 31.7 Å². The molecule has 1 aromatic carbocycles. The largest absolute Gasteiger partial charge is 0.497 e. The number of ether oxygens (including phenoxy) is 3. The summed E-state index contributed by atoms with van der Waals surface area (Å²) in [5.41, 5.74) is 1.57. The van der Waals surface area contributed by atoms with Crippen molar-refractivity contribution in [2.45, 2.75) is 57.3 Å². The number of nitrogens with one attached hydrogen (secondary N) is 1. The number of esters is 1. The first-order valence-corrected chi connectivity index (χ1v) is 10.7. The van der Waals surface area contributed by atoms with Gasteiger partial charge in [0.1, 0.15) is 11.9 Å². The van der Waals surface area contributed by atoms with Crippen LogP contribution in [-0.2, 0) is 20.8 Å². The lowest BCUT2D eigenvalue weighted by Crippen LogP contribution is -2.51. The molecule has 2 aliphatic carbocycles. The number of carbonyl (C=O) groups is 1. The zero-order valence-electron chi connectivity index (χ0n) is 16.9. The van der Waals surface area contributed by atoms with Crippen LogP contribution < -0.4 is 10.1 Å². The van der Waals surface area contributed by atoms with E-state index in [0.29, 0.717) is 18.4 Å².